The number of rotatable bonds is 3. The summed E-state index contributed by atoms with van der Waals surface area (Å²) in [5, 5.41) is 9.83. The molecule has 0 amide bonds. The third-order valence-electron chi connectivity index (χ3n) is 2.76. The van der Waals surface area contributed by atoms with Crippen LogP contribution in [0, 0.1) is 5.41 Å². The van der Waals surface area contributed by atoms with Crippen molar-refractivity contribution < 1.29 is 9.53 Å². The van der Waals surface area contributed by atoms with Gasteiger partial charge < -0.3 is 9.64 Å². The van der Waals surface area contributed by atoms with Crippen molar-refractivity contribution in [3.05, 3.63) is 22.4 Å². The van der Waals surface area contributed by atoms with Crippen molar-refractivity contribution >= 4 is 23.1 Å². The molecule has 1 aromatic rings. The van der Waals surface area contributed by atoms with E-state index in [9.17, 15) is 4.79 Å². The summed E-state index contributed by atoms with van der Waals surface area (Å²) in [7, 11) is 1.40. The minimum atomic E-state index is -0.278. The zero-order valence-electron chi connectivity index (χ0n) is 9.10. The van der Waals surface area contributed by atoms with Crippen LogP contribution in [0.15, 0.2) is 17.5 Å². The van der Waals surface area contributed by atoms with Crippen LogP contribution in [0.5, 0.6) is 0 Å². The fourth-order valence-electron chi connectivity index (χ4n) is 1.92. The molecule has 1 saturated heterocycles. The monoisotopic (exact) mass is 238 g/mol. The zero-order chi connectivity index (χ0) is 11.5. The normalized spacial score (nSPS) is 20.2. The maximum Gasteiger partial charge on any atom is 0.328 e. The third-order valence-corrected chi connectivity index (χ3v) is 3.62. The van der Waals surface area contributed by atoms with Gasteiger partial charge in [-0.05, 0) is 17.9 Å². The third kappa shape index (κ3) is 2.09. The van der Waals surface area contributed by atoms with Crippen LogP contribution < -0.4 is 0 Å². The van der Waals surface area contributed by atoms with Crippen LogP contribution in [0.25, 0.3) is 0 Å². The van der Waals surface area contributed by atoms with E-state index in [1.165, 1.54) is 12.0 Å². The molecule has 1 unspecified atom stereocenters. The van der Waals surface area contributed by atoms with E-state index in [0.717, 1.165) is 0 Å². The molecule has 0 aliphatic carbocycles. The molecule has 4 nitrogen and oxygen atoms in total. The van der Waals surface area contributed by atoms with Crippen LogP contribution in [-0.2, 0) is 16.1 Å². The molecule has 2 heterocycles. The summed E-state index contributed by atoms with van der Waals surface area (Å²) in [5.74, 6) is 0.294. The number of carbonyl (C=O) groups is 1. The first kappa shape index (κ1) is 11.1. The van der Waals surface area contributed by atoms with Crippen LogP contribution in [0.4, 0.5) is 0 Å². The second kappa shape index (κ2) is 4.65. The van der Waals surface area contributed by atoms with Crippen molar-refractivity contribution in [3.63, 3.8) is 0 Å². The van der Waals surface area contributed by atoms with Gasteiger partial charge in [0.25, 0.3) is 0 Å². The Morgan fingerprint density at radius 2 is 2.56 bits per heavy atom. The highest BCUT2D eigenvalue weighted by Gasteiger charge is 2.34. The number of hydrogen-bond donors (Lipinski definition) is 1. The summed E-state index contributed by atoms with van der Waals surface area (Å²) < 4.78 is 4.76. The number of amidine groups is 1. The SMILES string of the molecule is COC(=O)C1CCC(=N)N1Cc1cccs1. The Kier molecular flexibility index (Phi) is 3.24. The number of ether oxygens (including phenoxy) is 1. The highest BCUT2D eigenvalue weighted by molar-refractivity contribution is 7.09. The lowest BCUT2D eigenvalue weighted by atomic mass is 10.2. The standard InChI is InChI=1S/C11H14N2O2S/c1-15-11(14)9-4-5-10(12)13(9)7-8-3-2-6-16-8/h2-3,6,9,12H,4-5,7H2,1H3. The fourth-order valence-corrected chi connectivity index (χ4v) is 2.62. The second-order valence-electron chi connectivity index (χ2n) is 3.73. The Labute approximate surface area is 98.3 Å². The Bertz CT molecular complexity index is 389. The van der Waals surface area contributed by atoms with Crippen LogP contribution in [-0.4, -0.2) is 29.9 Å². The number of esters is 1. The molecule has 0 spiro atoms. The van der Waals surface area contributed by atoms with Gasteiger partial charge >= 0.3 is 5.97 Å². The first-order chi connectivity index (χ1) is 7.72. The minimum Gasteiger partial charge on any atom is -0.467 e. The van der Waals surface area contributed by atoms with E-state index in [1.807, 2.05) is 22.4 Å². The van der Waals surface area contributed by atoms with Crippen molar-refractivity contribution in [2.24, 2.45) is 0 Å². The maximum absolute atomic E-state index is 11.5. The summed E-state index contributed by atoms with van der Waals surface area (Å²) in [5.41, 5.74) is 0. The molecule has 1 N–H and O–H groups in total. The smallest absolute Gasteiger partial charge is 0.328 e. The van der Waals surface area contributed by atoms with Crippen LogP contribution in [0.3, 0.4) is 0 Å². The second-order valence-corrected chi connectivity index (χ2v) is 4.76. The topological polar surface area (TPSA) is 53.4 Å². The first-order valence-corrected chi connectivity index (χ1v) is 6.04. The van der Waals surface area contributed by atoms with Crippen LogP contribution in [0.1, 0.15) is 17.7 Å². The Hall–Kier alpha value is -1.36. The van der Waals surface area contributed by atoms with Crippen LogP contribution >= 0.6 is 11.3 Å². The lowest BCUT2D eigenvalue weighted by Gasteiger charge is -2.23. The number of likely N-dealkylation sites (tertiary alicyclic amines) is 1. The molecule has 0 saturated carbocycles. The van der Waals surface area contributed by atoms with E-state index >= 15 is 0 Å². The largest absolute Gasteiger partial charge is 0.467 e. The van der Waals surface area contributed by atoms with Crippen molar-refractivity contribution in [2.75, 3.05) is 7.11 Å². The van der Waals surface area contributed by atoms with Gasteiger partial charge in [-0.3, -0.25) is 5.41 Å². The zero-order valence-corrected chi connectivity index (χ0v) is 9.92. The van der Waals surface area contributed by atoms with Crippen molar-refractivity contribution in [1.82, 2.24) is 4.90 Å². The number of nitrogens with one attached hydrogen (secondary N) is 1. The highest BCUT2D eigenvalue weighted by atomic mass is 32.1. The predicted molar refractivity (Wildman–Crippen MR) is 62.6 cm³/mol. The molecule has 5 heteroatoms. The summed E-state index contributed by atoms with van der Waals surface area (Å²) in [4.78, 5) is 14.5. The minimum absolute atomic E-state index is 0.237. The van der Waals surface area contributed by atoms with Gasteiger partial charge in [-0.1, -0.05) is 6.07 Å². The molecule has 86 valence electrons. The maximum atomic E-state index is 11.5. The first-order valence-electron chi connectivity index (χ1n) is 5.16. The average molecular weight is 238 g/mol. The molecular weight excluding hydrogens is 224 g/mol. The quantitative estimate of drug-likeness (QED) is 0.818. The molecule has 1 aromatic heterocycles. The van der Waals surface area contributed by atoms with Crippen molar-refractivity contribution in [1.29, 1.82) is 5.41 Å². The van der Waals surface area contributed by atoms with E-state index in [2.05, 4.69) is 0 Å². The number of hydrogen-bond acceptors (Lipinski definition) is 4. The molecule has 2 rings (SSSR count). The lowest BCUT2D eigenvalue weighted by molar-refractivity contribution is -0.145. The van der Waals surface area contributed by atoms with Crippen LogP contribution in [0.2, 0.25) is 0 Å². The van der Waals surface area contributed by atoms with Gasteiger partial charge in [-0.2, -0.15) is 0 Å². The van der Waals surface area contributed by atoms with Gasteiger partial charge in [0, 0.05) is 11.3 Å². The van der Waals surface area contributed by atoms with Gasteiger partial charge in [0.05, 0.1) is 19.5 Å². The molecule has 0 radical (unpaired) electrons. The molecular formula is C11H14N2O2S. The van der Waals surface area contributed by atoms with E-state index in [-0.39, 0.29) is 12.0 Å². The summed E-state index contributed by atoms with van der Waals surface area (Å²) in [6.45, 7) is 0.635. The van der Waals surface area contributed by atoms with Crippen molar-refractivity contribution in [3.8, 4) is 0 Å². The van der Waals surface area contributed by atoms with Gasteiger partial charge in [-0.25, -0.2) is 4.79 Å². The summed E-state index contributed by atoms with van der Waals surface area (Å²) in [6.07, 6.45) is 1.35. The highest BCUT2D eigenvalue weighted by Crippen LogP contribution is 2.24. The van der Waals surface area contributed by atoms with E-state index in [1.54, 1.807) is 11.3 Å². The molecule has 16 heavy (non-hydrogen) atoms. The van der Waals surface area contributed by atoms with E-state index in [0.29, 0.717) is 25.2 Å². The summed E-state index contributed by atoms with van der Waals surface area (Å²) in [6, 6.07) is 3.72. The molecule has 1 aliphatic heterocycles. The Morgan fingerprint density at radius 3 is 3.19 bits per heavy atom. The van der Waals surface area contributed by atoms with E-state index < -0.39 is 0 Å². The van der Waals surface area contributed by atoms with E-state index in [4.69, 9.17) is 10.1 Å². The Morgan fingerprint density at radius 1 is 1.75 bits per heavy atom. The molecule has 0 bridgehead atoms. The number of thiophene rings is 1. The summed E-state index contributed by atoms with van der Waals surface area (Å²) >= 11 is 1.64. The predicted octanol–water partition coefficient (Wildman–Crippen LogP) is 1.86. The van der Waals surface area contributed by atoms with Gasteiger partial charge in [0.1, 0.15) is 6.04 Å². The number of methoxy groups -OCH3 is 1. The van der Waals surface area contributed by atoms with Gasteiger partial charge in [0.15, 0.2) is 0 Å². The molecule has 1 aliphatic rings. The fraction of sp³-hybridized carbons (Fsp3) is 0.455. The van der Waals surface area contributed by atoms with Gasteiger partial charge in [-0.15, -0.1) is 11.3 Å². The molecule has 0 aromatic carbocycles. The molecule has 1 atom stereocenters. The van der Waals surface area contributed by atoms with Gasteiger partial charge in [0.2, 0.25) is 0 Å². The number of nitrogens with zero attached hydrogens (tertiary/aromatic N) is 1. The lowest BCUT2D eigenvalue weighted by Crippen LogP contribution is -2.38. The Balaban J connectivity index is 2.10. The van der Waals surface area contributed by atoms with Crippen molar-refractivity contribution in [2.45, 2.75) is 25.4 Å². The molecule has 1 fully saturated rings. The number of carbonyl (C=O) groups excluding carboxylic acids is 1. The average Bonchev–Trinajstić information content (AvgIpc) is 2.90.